The highest BCUT2D eigenvalue weighted by Gasteiger charge is 2.28. The Kier molecular flexibility index (Phi) is 5.53. The molecule has 1 fully saturated rings. The quantitative estimate of drug-likeness (QED) is 0.849. The smallest absolute Gasteiger partial charge is 0.254 e. The molecule has 0 spiro atoms. The first-order valence-electron chi connectivity index (χ1n) is 9.15. The molecule has 5 nitrogen and oxygen atoms in total. The maximum atomic E-state index is 12.6. The van der Waals surface area contributed by atoms with Crippen LogP contribution in [0.5, 0.6) is 0 Å². The zero-order chi connectivity index (χ0) is 17.8. The van der Waals surface area contributed by atoms with Crippen LogP contribution in [0.15, 0.2) is 36.5 Å². The molecule has 1 saturated heterocycles. The fourth-order valence-electron chi connectivity index (χ4n) is 3.58. The van der Waals surface area contributed by atoms with Gasteiger partial charge in [-0.1, -0.05) is 44.2 Å². The number of carbonyl (C=O) groups excluding carboxylic acids is 1. The second-order valence-corrected chi connectivity index (χ2v) is 7.38. The zero-order valence-corrected chi connectivity index (χ0v) is 15.3. The average molecular weight is 340 g/mol. The van der Waals surface area contributed by atoms with Crippen LogP contribution in [0.1, 0.15) is 54.7 Å². The number of carbonyl (C=O) groups is 1. The average Bonchev–Trinajstić information content (AvgIpc) is 3.25. The Morgan fingerprint density at radius 2 is 2.08 bits per heavy atom. The Labute approximate surface area is 149 Å². The third-order valence-corrected chi connectivity index (χ3v) is 5.11. The number of amides is 1. The summed E-state index contributed by atoms with van der Waals surface area (Å²) in [5.74, 6) is 0.722. The molecule has 0 aliphatic carbocycles. The number of benzene rings is 1. The summed E-state index contributed by atoms with van der Waals surface area (Å²) in [4.78, 5) is 15.1. The third kappa shape index (κ3) is 4.28. The van der Waals surface area contributed by atoms with E-state index in [0.717, 1.165) is 31.7 Å². The number of nitrogens with zero attached hydrogens (tertiary/aromatic N) is 2. The number of H-pyrrole nitrogens is 1. The summed E-state index contributed by atoms with van der Waals surface area (Å²) >= 11 is 0. The van der Waals surface area contributed by atoms with Crippen LogP contribution in [-0.2, 0) is 6.54 Å². The SMILES string of the molecule is CC(C)c1[nH]ncc1C(=O)N[C@H](C)[C@H]1CCN(Cc2ccccc2)C1. The predicted octanol–water partition coefficient (Wildman–Crippen LogP) is 3.17. The molecule has 5 heteroatoms. The van der Waals surface area contributed by atoms with Crippen LogP contribution in [0.3, 0.4) is 0 Å². The van der Waals surface area contributed by atoms with Gasteiger partial charge in [0.25, 0.3) is 5.91 Å². The molecule has 134 valence electrons. The largest absolute Gasteiger partial charge is 0.349 e. The number of aromatic nitrogens is 2. The summed E-state index contributed by atoms with van der Waals surface area (Å²) in [6, 6.07) is 10.7. The van der Waals surface area contributed by atoms with Gasteiger partial charge in [0, 0.05) is 19.1 Å². The topological polar surface area (TPSA) is 61.0 Å². The fourth-order valence-corrected chi connectivity index (χ4v) is 3.58. The fraction of sp³-hybridized carbons (Fsp3) is 0.500. The standard InChI is InChI=1S/C20H28N4O/c1-14(2)19-18(11-21-23-19)20(25)22-15(3)17-9-10-24(13-17)12-16-7-5-4-6-8-16/h4-8,11,14-15,17H,9-10,12-13H2,1-3H3,(H,21,23)(H,22,25)/t15-,17+/m1/s1. The molecular weight excluding hydrogens is 312 g/mol. The summed E-state index contributed by atoms with van der Waals surface area (Å²) in [5.41, 5.74) is 2.92. The number of nitrogens with one attached hydrogen (secondary N) is 2. The Morgan fingerprint density at radius 1 is 1.32 bits per heavy atom. The van der Waals surface area contributed by atoms with Crippen LogP contribution in [0.2, 0.25) is 0 Å². The van der Waals surface area contributed by atoms with E-state index in [-0.39, 0.29) is 17.9 Å². The van der Waals surface area contributed by atoms with Gasteiger partial charge in [0.05, 0.1) is 17.5 Å². The molecule has 0 saturated carbocycles. The Bertz CT molecular complexity index is 695. The van der Waals surface area contributed by atoms with E-state index in [1.54, 1.807) is 6.20 Å². The first-order chi connectivity index (χ1) is 12.0. The van der Waals surface area contributed by atoms with Crippen molar-refractivity contribution in [3.63, 3.8) is 0 Å². The zero-order valence-electron chi connectivity index (χ0n) is 15.3. The molecule has 25 heavy (non-hydrogen) atoms. The minimum atomic E-state index is -0.0218. The first kappa shape index (κ1) is 17.7. The maximum absolute atomic E-state index is 12.6. The van der Waals surface area contributed by atoms with Gasteiger partial charge in [-0.05, 0) is 37.3 Å². The highest BCUT2D eigenvalue weighted by atomic mass is 16.1. The number of aromatic amines is 1. The molecule has 2 N–H and O–H groups in total. The van der Waals surface area contributed by atoms with Crippen LogP contribution < -0.4 is 5.32 Å². The number of hydrogen-bond acceptors (Lipinski definition) is 3. The molecule has 1 aliphatic heterocycles. The van der Waals surface area contributed by atoms with Crippen molar-refractivity contribution in [1.29, 1.82) is 0 Å². The van der Waals surface area contributed by atoms with Crippen molar-refractivity contribution in [2.75, 3.05) is 13.1 Å². The van der Waals surface area contributed by atoms with Crippen molar-refractivity contribution in [3.8, 4) is 0 Å². The minimum absolute atomic E-state index is 0.0218. The Balaban J connectivity index is 1.54. The maximum Gasteiger partial charge on any atom is 0.254 e. The van der Waals surface area contributed by atoms with Gasteiger partial charge >= 0.3 is 0 Å². The van der Waals surface area contributed by atoms with Crippen molar-refractivity contribution in [1.82, 2.24) is 20.4 Å². The van der Waals surface area contributed by atoms with E-state index in [1.807, 2.05) is 0 Å². The molecule has 2 heterocycles. The van der Waals surface area contributed by atoms with E-state index in [0.29, 0.717) is 11.5 Å². The lowest BCUT2D eigenvalue weighted by molar-refractivity contribution is 0.0925. The van der Waals surface area contributed by atoms with Crippen LogP contribution >= 0.6 is 0 Å². The van der Waals surface area contributed by atoms with Crippen molar-refractivity contribution in [2.24, 2.45) is 5.92 Å². The predicted molar refractivity (Wildman–Crippen MR) is 99.4 cm³/mol. The monoisotopic (exact) mass is 340 g/mol. The molecule has 1 amide bonds. The van der Waals surface area contributed by atoms with Gasteiger partial charge in [-0.2, -0.15) is 5.10 Å². The molecule has 1 aromatic carbocycles. The number of rotatable bonds is 6. The molecule has 2 atom stereocenters. The lowest BCUT2D eigenvalue weighted by atomic mass is 9.99. The van der Waals surface area contributed by atoms with Gasteiger partial charge in [0.1, 0.15) is 0 Å². The minimum Gasteiger partial charge on any atom is -0.349 e. The summed E-state index contributed by atoms with van der Waals surface area (Å²) in [5, 5.41) is 10.2. The molecule has 2 aromatic rings. The van der Waals surface area contributed by atoms with E-state index in [1.165, 1.54) is 5.56 Å². The van der Waals surface area contributed by atoms with Gasteiger partial charge in [-0.25, -0.2) is 0 Å². The lowest BCUT2D eigenvalue weighted by Gasteiger charge is -2.22. The molecule has 0 bridgehead atoms. The van der Waals surface area contributed by atoms with E-state index in [4.69, 9.17) is 0 Å². The van der Waals surface area contributed by atoms with Crippen molar-refractivity contribution < 1.29 is 4.79 Å². The lowest BCUT2D eigenvalue weighted by Crippen LogP contribution is -2.39. The van der Waals surface area contributed by atoms with E-state index in [9.17, 15) is 4.79 Å². The van der Waals surface area contributed by atoms with E-state index < -0.39 is 0 Å². The highest BCUT2D eigenvalue weighted by Crippen LogP contribution is 2.22. The van der Waals surface area contributed by atoms with Crippen molar-refractivity contribution >= 4 is 5.91 Å². The van der Waals surface area contributed by atoms with Gasteiger partial charge in [-0.15, -0.1) is 0 Å². The van der Waals surface area contributed by atoms with Crippen LogP contribution in [0.25, 0.3) is 0 Å². The number of likely N-dealkylation sites (tertiary alicyclic amines) is 1. The highest BCUT2D eigenvalue weighted by molar-refractivity contribution is 5.95. The van der Waals surface area contributed by atoms with Gasteiger partial charge < -0.3 is 5.32 Å². The van der Waals surface area contributed by atoms with Crippen LogP contribution in [-0.4, -0.2) is 40.1 Å². The summed E-state index contributed by atoms with van der Waals surface area (Å²) < 4.78 is 0. The molecule has 1 aromatic heterocycles. The second-order valence-electron chi connectivity index (χ2n) is 7.38. The van der Waals surface area contributed by atoms with Crippen LogP contribution in [0, 0.1) is 5.92 Å². The molecule has 3 rings (SSSR count). The summed E-state index contributed by atoms with van der Waals surface area (Å²) in [6.45, 7) is 9.33. The summed E-state index contributed by atoms with van der Waals surface area (Å²) in [7, 11) is 0. The third-order valence-electron chi connectivity index (χ3n) is 5.11. The first-order valence-corrected chi connectivity index (χ1v) is 9.15. The van der Waals surface area contributed by atoms with Crippen molar-refractivity contribution in [3.05, 3.63) is 53.3 Å². The molecule has 0 unspecified atom stereocenters. The Morgan fingerprint density at radius 3 is 2.80 bits per heavy atom. The molecular formula is C20H28N4O. The van der Waals surface area contributed by atoms with Gasteiger partial charge in [-0.3, -0.25) is 14.8 Å². The van der Waals surface area contributed by atoms with E-state index in [2.05, 4.69) is 71.5 Å². The van der Waals surface area contributed by atoms with Gasteiger partial charge in [0.15, 0.2) is 0 Å². The summed E-state index contributed by atoms with van der Waals surface area (Å²) in [6.07, 6.45) is 2.75. The van der Waals surface area contributed by atoms with Gasteiger partial charge in [0.2, 0.25) is 0 Å². The molecule has 1 aliphatic rings. The normalized spacial score (nSPS) is 19.3. The molecule has 0 radical (unpaired) electrons. The van der Waals surface area contributed by atoms with Crippen molar-refractivity contribution in [2.45, 2.75) is 45.7 Å². The number of hydrogen-bond donors (Lipinski definition) is 2. The van der Waals surface area contributed by atoms with Crippen LogP contribution in [0.4, 0.5) is 0 Å². The van der Waals surface area contributed by atoms with E-state index >= 15 is 0 Å². The Hall–Kier alpha value is -2.14. The second kappa shape index (κ2) is 7.83.